The number of nitrogens with two attached hydrogens (primary N) is 1. The predicted octanol–water partition coefficient (Wildman–Crippen LogP) is 4.47. The van der Waals surface area contributed by atoms with Gasteiger partial charge in [0.05, 0.1) is 11.6 Å². The third-order valence-corrected chi connectivity index (χ3v) is 5.27. The van der Waals surface area contributed by atoms with Crippen molar-refractivity contribution >= 4 is 29.0 Å². The van der Waals surface area contributed by atoms with Crippen LogP contribution in [0.1, 0.15) is 34.6 Å². The highest BCUT2D eigenvalue weighted by Crippen LogP contribution is 2.36. The number of aromatic nitrogens is 1. The number of pyridine rings is 1. The van der Waals surface area contributed by atoms with Crippen molar-refractivity contribution in [2.75, 3.05) is 11.9 Å². The van der Waals surface area contributed by atoms with Gasteiger partial charge in [-0.15, -0.1) is 0 Å². The Morgan fingerprint density at radius 2 is 2.00 bits per heavy atom. The molecule has 0 bridgehead atoms. The van der Waals surface area contributed by atoms with Crippen molar-refractivity contribution in [2.45, 2.75) is 18.6 Å². The number of hydrogen-bond donors (Lipinski definition) is 2. The van der Waals surface area contributed by atoms with Crippen LogP contribution in [0.4, 0.5) is 10.1 Å². The number of nitrogens with one attached hydrogen (secondary N) is 1. The summed E-state index contributed by atoms with van der Waals surface area (Å²) in [5.41, 5.74) is 6.89. The van der Waals surface area contributed by atoms with Gasteiger partial charge in [-0.3, -0.25) is 9.79 Å². The van der Waals surface area contributed by atoms with Crippen LogP contribution in [0.2, 0.25) is 5.02 Å². The van der Waals surface area contributed by atoms with Gasteiger partial charge in [-0.05, 0) is 42.8 Å². The molecule has 3 N–H and O–H groups in total. The van der Waals surface area contributed by atoms with Gasteiger partial charge in [0.25, 0.3) is 5.91 Å². The predicted molar refractivity (Wildman–Crippen MR) is 118 cm³/mol. The van der Waals surface area contributed by atoms with Crippen LogP contribution in [0.15, 0.2) is 71.9 Å². The van der Waals surface area contributed by atoms with Crippen molar-refractivity contribution in [1.29, 1.82) is 0 Å². The number of nitrogens with zero attached hydrogens (tertiary/aromatic N) is 2. The van der Waals surface area contributed by atoms with E-state index < -0.39 is 23.4 Å². The zero-order chi connectivity index (χ0) is 22.0. The third kappa shape index (κ3) is 4.42. The van der Waals surface area contributed by atoms with Gasteiger partial charge in [0.1, 0.15) is 29.0 Å². The van der Waals surface area contributed by atoms with Crippen LogP contribution in [0.5, 0.6) is 0 Å². The van der Waals surface area contributed by atoms with E-state index >= 15 is 0 Å². The molecule has 31 heavy (non-hydrogen) atoms. The number of anilines is 1. The van der Waals surface area contributed by atoms with Crippen LogP contribution in [-0.4, -0.2) is 23.3 Å². The van der Waals surface area contributed by atoms with Crippen LogP contribution in [0.25, 0.3) is 0 Å². The average molecular weight is 439 g/mol. The van der Waals surface area contributed by atoms with Crippen molar-refractivity contribution in [2.24, 2.45) is 10.7 Å². The average Bonchev–Trinajstić information content (AvgIpc) is 2.76. The molecule has 1 aliphatic rings. The van der Waals surface area contributed by atoms with Crippen LogP contribution < -0.4 is 11.1 Å². The summed E-state index contributed by atoms with van der Waals surface area (Å²) in [6.45, 7) is 1.87. The molecular formula is C23H20ClFN4O2. The summed E-state index contributed by atoms with van der Waals surface area (Å²) >= 11 is 5.81. The van der Waals surface area contributed by atoms with Crippen molar-refractivity contribution < 1.29 is 13.9 Å². The lowest BCUT2D eigenvalue weighted by atomic mass is 9.90. The van der Waals surface area contributed by atoms with Crippen LogP contribution in [-0.2, 0) is 10.3 Å². The third-order valence-electron chi connectivity index (χ3n) is 5.04. The van der Waals surface area contributed by atoms with Gasteiger partial charge in [-0.25, -0.2) is 9.37 Å². The lowest BCUT2D eigenvalue weighted by Crippen LogP contribution is -2.40. The summed E-state index contributed by atoms with van der Waals surface area (Å²) in [7, 11) is 0. The number of carbonyl (C=O) groups is 1. The van der Waals surface area contributed by atoms with Gasteiger partial charge >= 0.3 is 0 Å². The van der Waals surface area contributed by atoms with Crippen molar-refractivity contribution in [3.05, 3.63) is 94.5 Å². The maximum atomic E-state index is 14.7. The number of halogens is 2. The van der Waals surface area contributed by atoms with Gasteiger partial charge in [-0.2, -0.15) is 0 Å². The molecule has 158 valence electrons. The molecule has 0 unspecified atom stereocenters. The van der Waals surface area contributed by atoms with Crippen LogP contribution >= 0.6 is 11.6 Å². The number of rotatable bonds is 4. The fraction of sp³-hybridized carbons (Fsp3) is 0.174. The molecule has 0 aliphatic carbocycles. The minimum Gasteiger partial charge on any atom is -0.385 e. The molecule has 0 saturated carbocycles. The fourth-order valence-corrected chi connectivity index (χ4v) is 3.57. The number of hydrogen-bond acceptors (Lipinski definition) is 5. The highest BCUT2D eigenvalue weighted by atomic mass is 35.5. The summed E-state index contributed by atoms with van der Waals surface area (Å²) in [4.78, 5) is 21.0. The van der Waals surface area contributed by atoms with E-state index in [1.54, 1.807) is 13.0 Å². The first-order valence-electron chi connectivity index (χ1n) is 9.60. The Kier molecular flexibility index (Phi) is 5.71. The molecule has 4 rings (SSSR count). The lowest BCUT2D eigenvalue weighted by molar-refractivity contribution is 0.0436. The van der Waals surface area contributed by atoms with E-state index in [0.717, 1.165) is 5.56 Å². The lowest BCUT2D eigenvalue weighted by Gasteiger charge is -2.34. The Morgan fingerprint density at radius 3 is 2.68 bits per heavy atom. The quantitative estimate of drug-likeness (QED) is 0.628. The first kappa shape index (κ1) is 21.0. The Bertz CT molecular complexity index is 1140. The summed E-state index contributed by atoms with van der Waals surface area (Å²) in [6, 6.07) is 16.8. The number of benzene rings is 2. The molecule has 2 atom stereocenters. The number of aliphatic imine (C=N–C) groups is 1. The number of ether oxygens (including phenoxy) is 1. The molecule has 2 heterocycles. The topological polar surface area (TPSA) is 89.6 Å². The molecule has 8 heteroatoms. The number of carbonyl (C=O) groups excluding carboxylic acids is 1. The Balaban J connectivity index is 1.60. The molecule has 1 aliphatic heterocycles. The van der Waals surface area contributed by atoms with E-state index in [2.05, 4.69) is 15.3 Å². The molecule has 3 aromatic rings. The zero-order valence-corrected chi connectivity index (χ0v) is 17.4. The van der Waals surface area contributed by atoms with Crippen LogP contribution in [0.3, 0.4) is 0 Å². The summed E-state index contributed by atoms with van der Waals surface area (Å²) in [5.74, 6) is -0.644. The highest BCUT2D eigenvalue weighted by Gasteiger charge is 2.37. The molecular weight excluding hydrogens is 419 g/mol. The smallest absolute Gasteiger partial charge is 0.274 e. The molecule has 0 spiro atoms. The van der Waals surface area contributed by atoms with Crippen molar-refractivity contribution in [3.63, 3.8) is 0 Å². The largest absolute Gasteiger partial charge is 0.385 e. The molecule has 2 aromatic carbocycles. The van der Waals surface area contributed by atoms with Gasteiger partial charge < -0.3 is 15.8 Å². The molecule has 0 fully saturated rings. The minimum absolute atomic E-state index is 0.125. The maximum Gasteiger partial charge on any atom is 0.274 e. The normalized spacial score (nSPS) is 20.7. The van der Waals surface area contributed by atoms with E-state index in [1.165, 1.54) is 30.5 Å². The second-order valence-corrected chi connectivity index (χ2v) is 7.86. The zero-order valence-electron chi connectivity index (χ0n) is 16.7. The van der Waals surface area contributed by atoms with Gasteiger partial charge in [0.2, 0.25) is 0 Å². The van der Waals surface area contributed by atoms with Gasteiger partial charge in [-0.1, -0.05) is 41.9 Å². The molecule has 1 amide bonds. The maximum absolute atomic E-state index is 14.7. The monoisotopic (exact) mass is 438 g/mol. The number of amides is 1. The standard InChI is InChI=1S/C23H20ClFN4O2/c1-23(13-31-20(21(26)29-23)14-5-3-2-4-6-14)17-11-16(8-9-18(17)25)28-22(30)19-10-7-15(24)12-27-19/h2-12,20H,13H2,1H3,(H2,26,29)(H,28,30)/t20-,23-/m0/s1. The van der Waals surface area contributed by atoms with E-state index in [4.69, 9.17) is 22.1 Å². The second-order valence-electron chi connectivity index (χ2n) is 7.42. The Morgan fingerprint density at radius 1 is 1.23 bits per heavy atom. The van der Waals surface area contributed by atoms with E-state index in [-0.39, 0.29) is 23.7 Å². The van der Waals surface area contributed by atoms with E-state index in [0.29, 0.717) is 10.7 Å². The summed E-state index contributed by atoms with van der Waals surface area (Å²) in [5, 5.41) is 3.14. The molecule has 0 radical (unpaired) electrons. The Labute approximate surface area is 183 Å². The van der Waals surface area contributed by atoms with E-state index in [9.17, 15) is 9.18 Å². The minimum atomic E-state index is -1.04. The van der Waals surface area contributed by atoms with Crippen molar-refractivity contribution in [1.82, 2.24) is 4.98 Å². The first-order valence-corrected chi connectivity index (χ1v) is 9.98. The molecule has 1 aromatic heterocycles. The fourth-order valence-electron chi connectivity index (χ4n) is 3.46. The van der Waals surface area contributed by atoms with Crippen LogP contribution in [0, 0.1) is 5.82 Å². The SMILES string of the molecule is C[C@@]1(c2cc(NC(=O)c3ccc(Cl)cn3)ccc2F)CO[C@@H](c2ccccc2)C(N)=N1. The van der Waals surface area contributed by atoms with E-state index in [1.807, 2.05) is 30.3 Å². The van der Waals surface area contributed by atoms with Gasteiger partial charge in [0.15, 0.2) is 0 Å². The number of amidine groups is 1. The molecule has 6 nitrogen and oxygen atoms in total. The second kappa shape index (κ2) is 8.45. The highest BCUT2D eigenvalue weighted by molar-refractivity contribution is 6.30. The van der Waals surface area contributed by atoms with Crippen molar-refractivity contribution in [3.8, 4) is 0 Å². The first-order chi connectivity index (χ1) is 14.9. The van der Waals surface area contributed by atoms with Gasteiger partial charge in [0, 0.05) is 17.4 Å². The summed E-state index contributed by atoms with van der Waals surface area (Å²) < 4.78 is 20.7. The summed E-state index contributed by atoms with van der Waals surface area (Å²) in [6.07, 6.45) is 0.893. The Hall–Kier alpha value is -3.29. The molecule has 0 saturated heterocycles.